The third kappa shape index (κ3) is 13.6. The summed E-state index contributed by atoms with van der Waals surface area (Å²) < 4.78 is 220. The van der Waals surface area contributed by atoms with Crippen molar-refractivity contribution in [3.63, 3.8) is 0 Å². The number of nitrogens with zero attached hydrogens (tertiary/aromatic N) is 7. The van der Waals surface area contributed by atoms with Crippen LogP contribution in [0.15, 0.2) is 42.5 Å². The molecule has 3 heterocycles. The number of hydrogen-bond acceptors (Lipinski definition) is 14. The first-order chi connectivity index (χ1) is 37.5. The van der Waals surface area contributed by atoms with E-state index in [1.165, 1.54) is 19.9 Å². The molecular weight excluding hydrogens is 1210 g/mol. The number of benzene rings is 2. The minimum atomic E-state index is -5.34. The molecule has 4 atom stereocenters. The summed E-state index contributed by atoms with van der Waals surface area (Å²) in [6, 6.07) is 0.0836. The summed E-state index contributed by atoms with van der Waals surface area (Å²) in [7, 11) is -13.8. The van der Waals surface area contributed by atoms with Gasteiger partial charge in [0, 0.05) is 47.7 Å². The topological polar surface area (TPSA) is 300 Å². The maximum atomic E-state index is 15.7. The molecule has 0 radical (unpaired) electrons. The summed E-state index contributed by atoms with van der Waals surface area (Å²) >= 11 is 6.66. The second-order valence-corrected chi connectivity index (χ2v) is 26.0. The minimum Gasteiger partial charge on any atom is -0.481 e. The molecule has 82 heavy (non-hydrogen) atoms. The number of nitrogens with one attached hydrogen (secondary N) is 1. The van der Waals surface area contributed by atoms with Crippen LogP contribution in [0.4, 0.5) is 54.5 Å². The number of carbonyl (C=O) groups is 4. The van der Waals surface area contributed by atoms with E-state index in [1.54, 1.807) is 0 Å². The SMILES string of the molecule is CN(C(=O)N(c1nn(CC(F)(F)F)c2c(-c3ccc(CCC(C)(C)S(C)(=O)=O)nc3[C@H](Cc3cc(F)cc(F)c3)NC(=O)Cn3nc(C(F)(F)F)c4c3C(F)(F)C3C[C@H]43)ccc(Cl)c12)S(C)(=O)=O)[C@@H](CC(=O)O)C(=O)OCOP(=O)(O)O. The van der Waals surface area contributed by atoms with E-state index in [-0.39, 0.29) is 49.1 Å². The van der Waals surface area contributed by atoms with Crippen molar-refractivity contribution in [2.75, 3.05) is 30.7 Å². The fraction of sp³-hybridized carbons (Fsp3) is 0.457. The molecule has 7 rings (SSSR count). The number of phosphoric ester groups is 1. The number of rotatable bonds is 21. The van der Waals surface area contributed by atoms with Gasteiger partial charge in [-0.05, 0) is 75.3 Å². The van der Waals surface area contributed by atoms with E-state index >= 15 is 8.78 Å². The van der Waals surface area contributed by atoms with Crippen molar-refractivity contribution in [3.05, 3.63) is 93.0 Å². The molecule has 2 aliphatic carbocycles. The predicted molar refractivity (Wildman–Crippen MR) is 265 cm³/mol. The lowest BCUT2D eigenvalue weighted by atomic mass is 9.93. The molecule has 0 saturated heterocycles. The number of aliphatic carboxylic acids is 1. The van der Waals surface area contributed by atoms with E-state index in [0.29, 0.717) is 19.4 Å². The van der Waals surface area contributed by atoms with E-state index < -0.39 is 198 Å². The number of hydrogen-bond donors (Lipinski definition) is 4. The van der Waals surface area contributed by atoms with Crippen molar-refractivity contribution in [2.24, 2.45) is 5.92 Å². The molecule has 448 valence electrons. The maximum absolute atomic E-state index is 15.7. The Bertz CT molecular complexity index is 3670. The minimum absolute atomic E-state index is 0.0481. The van der Waals surface area contributed by atoms with Gasteiger partial charge in [0.05, 0.1) is 45.1 Å². The number of aromatic nitrogens is 5. The van der Waals surface area contributed by atoms with Crippen LogP contribution in [0.3, 0.4) is 0 Å². The Kier molecular flexibility index (Phi) is 17.2. The number of sulfone groups is 1. The fourth-order valence-corrected chi connectivity index (χ4v) is 11.0. The second kappa shape index (κ2) is 22.3. The number of urea groups is 1. The molecular formula is C46H46ClF10N8O14PS2. The van der Waals surface area contributed by atoms with Gasteiger partial charge in [0.15, 0.2) is 21.3 Å². The Morgan fingerprint density at radius 1 is 0.951 bits per heavy atom. The van der Waals surface area contributed by atoms with Crippen LogP contribution in [-0.4, -0.2) is 128 Å². The molecule has 0 spiro atoms. The molecule has 2 aromatic carbocycles. The number of halogens is 11. The average Bonchev–Trinajstić information content (AvgIpc) is 2.53. The summed E-state index contributed by atoms with van der Waals surface area (Å²) in [5, 5.41) is 17.7. The highest BCUT2D eigenvalue weighted by atomic mass is 35.5. The maximum Gasteiger partial charge on any atom is 0.472 e. The summed E-state index contributed by atoms with van der Waals surface area (Å²) in [6.45, 7) is -2.36. The smallest absolute Gasteiger partial charge is 0.472 e. The van der Waals surface area contributed by atoms with Crippen LogP contribution in [0.2, 0.25) is 5.02 Å². The van der Waals surface area contributed by atoms with Crippen molar-refractivity contribution in [1.82, 2.24) is 34.8 Å². The molecule has 36 heteroatoms. The molecule has 3 amide bonds. The molecule has 1 fully saturated rings. The number of carboxylic acid groups (broad SMARTS) is 1. The summed E-state index contributed by atoms with van der Waals surface area (Å²) in [5.74, 6) is -15.4. The number of pyridine rings is 1. The molecule has 1 unspecified atom stereocenters. The number of sulfonamides is 1. The van der Waals surface area contributed by atoms with Gasteiger partial charge in [0.2, 0.25) is 22.7 Å². The van der Waals surface area contributed by atoms with Crippen LogP contribution in [0.25, 0.3) is 22.0 Å². The van der Waals surface area contributed by atoms with Crippen molar-refractivity contribution >= 4 is 79.9 Å². The molecule has 0 bridgehead atoms. The van der Waals surface area contributed by atoms with Crippen LogP contribution in [-0.2, 0) is 86.1 Å². The highest BCUT2D eigenvalue weighted by Gasteiger charge is 2.68. The summed E-state index contributed by atoms with van der Waals surface area (Å²) in [4.78, 5) is 76.5. The third-order valence-electron chi connectivity index (χ3n) is 13.5. The van der Waals surface area contributed by atoms with Crippen LogP contribution in [0, 0.1) is 17.6 Å². The summed E-state index contributed by atoms with van der Waals surface area (Å²) in [5.41, 5.74) is -6.27. The normalized spacial score (nSPS) is 17.0. The quantitative estimate of drug-likeness (QED) is 0.0245. The monoisotopic (exact) mass is 1250 g/mol. The number of phosphoric acid groups is 1. The van der Waals surface area contributed by atoms with Gasteiger partial charge in [-0.3, -0.25) is 23.9 Å². The average molecular weight is 1260 g/mol. The molecule has 0 aliphatic heterocycles. The zero-order valence-corrected chi connectivity index (χ0v) is 46.2. The number of fused-ring (bicyclic) bond motifs is 4. The van der Waals surface area contributed by atoms with Crippen molar-refractivity contribution in [1.29, 1.82) is 0 Å². The Hall–Kier alpha value is -6.45. The number of likely N-dealkylation sites (N-methyl/N-ethyl adjacent to an activating group) is 1. The second-order valence-electron chi connectivity index (χ2n) is 19.9. The van der Waals surface area contributed by atoms with Crippen molar-refractivity contribution in [3.8, 4) is 11.1 Å². The van der Waals surface area contributed by atoms with Gasteiger partial charge in [-0.1, -0.05) is 23.7 Å². The van der Waals surface area contributed by atoms with E-state index in [0.717, 1.165) is 36.6 Å². The molecule has 3 aromatic heterocycles. The largest absolute Gasteiger partial charge is 0.481 e. The van der Waals surface area contributed by atoms with Gasteiger partial charge in [-0.2, -0.15) is 49.6 Å². The fourth-order valence-electron chi connectivity index (χ4n) is 9.28. The Labute approximate surface area is 462 Å². The van der Waals surface area contributed by atoms with Gasteiger partial charge >= 0.3 is 38.1 Å². The van der Waals surface area contributed by atoms with Crippen LogP contribution in [0.5, 0.6) is 0 Å². The molecule has 4 N–H and O–H groups in total. The molecule has 2 aliphatic rings. The van der Waals surface area contributed by atoms with E-state index in [4.69, 9.17) is 21.4 Å². The van der Waals surface area contributed by atoms with Gasteiger partial charge in [0.25, 0.3) is 5.92 Å². The van der Waals surface area contributed by atoms with Gasteiger partial charge < -0.3 is 29.8 Å². The number of anilines is 1. The molecule has 1 saturated carbocycles. The van der Waals surface area contributed by atoms with Crippen LogP contribution in [0.1, 0.15) is 79.0 Å². The first-order valence-electron chi connectivity index (χ1n) is 23.6. The van der Waals surface area contributed by atoms with E-state index in [1.807, 2.05) is 0 Å². The first-order valence-corrected chi connectivity index (χ1v) is 29.3. The van der Waals surface area contributed by atoms with Gasteiger partial charge in [-0.25, -0.2) is 44.3 Å². The Morgan fingerprint density at radius 2 is 1.57 bits per heavy atom. The standard InChI is InChI=1S/C46H46ClF10N8O14PS2/c1-43(2,81(4,74)75)11-10-24-6-7-25(36(58-24)30(14-21-12-22(48)15-23(49)13-21)59-32(66)18-63-39-34(38(60-63)46(55,56)57)27-16-28(27)45(39,53)54)26-8-9-29(47)35-37(26)64(19-44(50,51)52)61-40(35)65(82(5,76)77)42(70)62(3)31(17-33(67)68)41(69)78-20-79-80(71,72)73/h6-9,12-13,15,27-28,30-31H,10-11,14,16-20H2,1-5H3,(H,59,66)(H,67,68)(H2,71,72,73)/t27-,28?,30-,31-/m0/s1. The number of aryl methyl sites for hydroxylation is 1. The summed E-state index contributed by atoms with van der Waals surface area (Å²) in [6.07, 6.45) is -12.3. The number of carboxylic acids is 1. The van der Waals surface area contributed by atoms with Crippen molar-refractivity contribution < 1.29 is 109 Å². The van der Waals surface area contributed by atoms with E-state index in [9.17, 15) is 80.8 Å². The third-order valence-corrected chi connectivity index (χ3v) is 17.4. The van der Waals surface area contributed by atoms with E-state index in [2.05, 4.69) is 29.8 Å². The van der Waals surface area contributed by atoms with Gasteiger partial charge in [0.1, 0.15) is 36.5 Å². The number of esters is 1. The first kappa shape index (κ1) is 63.1. The Morgan fingerprint density at radius 3 is 2.13 bits per heavy atom. The van der Waals surface area contributed by atoms with Crippen LogP contribution >= 0.6 is 19.4 Å². The predicted octanol–water partition coefficient (Wildman–Crippen LogP) is 7.14. The lowest BCUT2D eigenvalue weighted by Gasteiger charge is -2.29. The highest BCUT2D eigenvalue weighted by Crippen LogP contribution is 2.68. The molecule has 22 nitrogen and oxygen atoms in total. The van der Waals surface area contributed by atoms with Crippen LogP contribution < -0.4 is 9.62 Å². The highest BCUT2D eigenvalue weighted by molar-refractivity contribution is 7.93. The zero-order chi connectivity index (χ0) is 61.4. The Balaban J connectivity index is 1.45. The zero-order valence-electron chi connectivity index (χ0n) is 42.9. The van der Waals surface area contributed by atoms with Crippen molar-refractivity contribution in [2.45, 2.75) is 100 Å². The number of ether oxygens (including phenoxy) is 1. The molecule has 5 aromatic rings. The number of amides is 3. The number of carbonyl (C=O) groups excluding carboxylic acids is 3. The van der Waals surface area contributed by atoms with Gasteiger partial charge in [-0.15, -0.1) is 0 Å². The lowest BCUT2D eigenvalue weighted by molar-refractivity contribution is -0.159. The number of alkyl halides is 8. The lowest BCUT2D eigenvalue weighted by Crippen LogP contribution is -2.52.